The van der Waals surface area contributed by atoms with Crippen molar-refractivity contribution in [2.45, 2.75) is 386 Å². The van der Waals surface area contributed by atoms with E-state index in [9.17, 15) is 4.79 Å². The van der Waals surface area contributed by atoms with Crippen molar-refractivity contribution in [2.24, 2.45) is 0 Å². The van der Waals surface area contributed by atoms with Crippen molar-refractivity contribution in [3.05, 3.63) is 0 Å². The van der Waals surface area contributed by atoms with Crippen molar-refractivity contribution >= 4 is 5.97 Å². The van der Waals surface area contributed by atoms with Gasteiger partial charge in [-0.3, -0.25) is 4.79 Å². The number of hydrogen-bond donors (Lipinski definition) is 0. The molecular weight excluding hydrogens is 777 g/mol. The van der Waals surface area contributed by atoms with Gasteiger partial charge in [-0.1, -0.05) is 367 Å². The molecule has 2 nitrogen and oxygen atoms in total. The van der Waals surface area contributed by atoms with Crippen LogP contribution in [0.3, 0.4) is 0 Å². The lowest BCUT2D eigenvalue weighted by Gasteiger charge is -2.06. The van der Waals surface area contributed by atoms with E-state index < -0.39 is 0 Å². The Balaban J connectivity index is 3.14. The smallest absolute Gasteiger partial charge is 0.305 e. The lowest BCUT2D eigenvalue weighted by Crippen LogP contribution is -2.05. The van der Waals surface area contributed by atoms with Gasteiger partial charge in [0.25, 0.3) is 0 Å². The summed E-state index contributed by atoms with van der Waals surface area (Å²) in [5, 5.41) is 0. The van der Waals surface area contributed by atoms with Gasteiger partial charge in [-0.25, -0.2) is 0 Å². The Morgan fingerprint density at radius 1 is 0.203 bits per heavy atom. The molecular formula is C62H124O2. The van der Waals surface area contributed by atoms with E-state index in [4.69, 9.17) is 4.74 Å². The van der Waals surface area contributed by atoms with Crippen molar-refractivity contribution in [1.82, 2.24) is 0 Å². The second kappa shape index (κ2) is 60.5. The van der Waals surface area contributed by atoms with Gasteiger partial charge in [-0.2, -0.15) is 0 Å². The number of carbonyl (C=O) groups is 1. The molecule has 64 heavy (non-hydrogen) atoms. The molecule has 0 aliphatic carbocycles. The Labute approximate surface area is 406 Å². The number of unbranched alkanes of at least 4 members (excludes halogenated alkanes) is 55. The van der Waals surface area contributed by atoms with Crippen LogP contribution in [0, 0.1) is 0 Å². The molecule has 0 unspecified atom stereocenters. The highest BCUT2D eigenvalue weighted by atomic mass is 16.5. The Hall–Kier alpha value is -0.530. The summed E-state index contributed by atoms with van der Waals surface area (Å²) in [6, 6.07) is 0. The van der Waals surface area contributed by atoms with E-state index in [1.807, 2.05) is 0 Å². The molecule has 0 aliphatic heterocycles. The van der Waals surface area contributed by atoms with E-state index in [0.29, 0.717) is 13.0 Å². The molecule has 0 N–H and O–H groups in total. The molecule has 0 atom stereocenters. The minimum Gasteiger partial charge on any atom is -0.466 e. The zero-order valence-corrected chi connectivity index (χ0v) is 45.0. The predicted molar refractivity (Wildman–Crippen MR) is 290 cm³/mol. The summed E-state index contributed by atoms with van der Waals surface area (Å²) in [5.74, 6) is 0.0366. The summed E-state index contributed by atoms with van der Waals surface area (Å²) in [6.07, 6.45) is 81.7. The molecule has 0 aromatic heterocycles. The zero-order chi connectivity index (χ0) is 46.0. The highest BCUT2D eigenvalue weighted by Crippen LogP contribution is 2.19. The van der Waals surface area contributed by atoms with Crippen LogP contribution in [0.25, 0.3) is 0 Å². The quantitative estimate of drug-likeness (QED) is 0.0449. The van der Waals surface area contributed by atoms with Crippen LogP contribution in [0.5, 0.6) is 0 Å². The van der Waals surface area contributed by atoms with E-state index in [-0.39, 0.29) is 5.97 Å². The molecule has 0 saturated carbocycles. The van der Waals surface area contributed by atoms with E-state index in [1.54, 1.807) is 0 Å². The number of rotatable bonds is 59. The van der Waals surface area contributed by atoms with Gasteiger partial charge in [0.2, 0.25) is 0 Å². The third-order valence-corrected chi connectivity index (χ3v) is 14.7. The largest absolute Gasteiger partial charge is 0.466 e. The van der Waals surface area contributed by atoms with E-state index in [2.05, 4.69) is 13.8 Å². The first-order valence-electron chi connectivity index (χ1n) is 31.0. The SMILES string of the molecule is CCCCCCCCCCCCCCCCCCCCCCCCCCCCCCCCCCCCCC(=O)OCCCCCCCCCCCCCCCCCCCCCCCC. The summed E-state index contributed by atoms with van der Waals surface area (Å²) in [4.78, 5) is 12.1. The number of esters is 1. The lowest BCUT2D eigenvalue weighted by atomic mass is 10.0. The fourth-order valence-electron chi connectivity index (χ4n) is 10.1. The molecule has 0 amide bonds. The molecule has 0 bridgehead atoms. The third-order valence-electron chi connectivity index (χ3n) is 14.7. The Morgan fingerprint density at radius 3 is 0.516 bits per heavy atom. The second-order valence-electron chi connectivity index (χ2n) is 21.4. The van der Waals surface area contributed by atoms with Crippen LogP contribution in [0.2, 0.25) is 0 Å². The second-order valence-corrected chi connectivity index (χ2v) is 21.4. The van der Waals surface area contributed by atoms with Gasteiger partial charge in [0.1, 0.15) is 0 Å². The summed E-state index contributed by atoms with van der Waals surface area (Å²) in [7, 11) is 0. The normalized spacial score (nSPS) is 11.6. The van der Waals surface area contributed by atoms with Crippen molar-refractivity contribution in [2.75, 3.05) is 6.61 Å². The predicted octanol–water partition coefficient (Wildman–Crippen LogP) is 23.2. The first-order valence-corrected chi connectivity index (χ1v) is 31.0. The molecule has 0 spiro atoms. The van der Waals surface area contributed by atoms with Crippen LogP contribution < -0.4 is 0 Å². The van der Waals surface area contributed by atoms with Gasteiger partial charge in [0.05, 0.1) is 6.61 Å². The summed E-state index contributed by atoms with van der Waals surface area (Å²) in [6.45, 7) is 5.25. The number of hydrogen-bond acceptors (Lipinski definition) is 2. The van der Waals surface area contributed by atoms with Crippen molar-refractivity contribution in [3.8, 4) is 0 Å². The van der Waals surface area contributed by atoms with Gasteiger partial charge in [0.15, 0.2) is 0 Å². The maximum Gasteiger partial charge on any atom is 0.305 e. The van der Waals surface area contributed by atoms with E-state index in [1.165, 1.54) is 353 Å². The fourth-order valence-corrected chi connectivity index (χ4v) is 10.1. The topological polar surface area (TPSA) is 26.3 Å². The molecule has 0 aromatic carbocycles. The van der Waals surface area contributed by atoms with Crippen molar-refractivity contribution in [1.29, 1.82) is 0 Å². The minimum absolute atomic E-state index is 0.0366. The van der Waals surface area contributed by atoms with Crippen LogP contribution in [-0.4, -0.2) is 12.6 Å². The Morgan fingerprint density at radius 2 is 0.344 bits per heavy atom. The summed E-state index contributed by atoms with van der Waals surface area (Å²) < 4.78 is 5.52. The summed E-state index contributed by atoms with van der Waals surface area (Å²) in [5.41, 5.74) is 0. The average molecular weight is 902 g/mol. The molecule has 384 valence electrons. The molecule has 0 rings (SSSR count). The standard InChI is InChI=1S/C62H124O2/c1-3-5-7-9-11-13-15-17-19-21-23-25-27-28-29-30-31-32-33-34-35-36-37-38-39-40-42-44-46-48-50-52-54-56-58-60-62(63)64-61-59-57-55-53-51-49-47-45-43-41-26-24-22-20-18-16-14-12-10-8-6-4-2/h3-61H2,1-2H3. The molecule has 0 aromatic rings. The molecule has 0 heterocycles. The minimum atomic E-state index is 0.0366. The van der Waals surface area contributed by atoms with Crippen LogP contribution in [-0.2, 0) is 9.53 Å². The third kappa shape index (κ3) is 59.5. The highest BCUT2D eigenvalue weighted by molar-refractivity contribution is 5.69. The van der Waals surface area contributed by atoms with Crippen LogP contribution in [0.4, 0.5) is 0 Å². The Kier molecular flexibility index (Phi) is 60.0. The van der Waals surface area contributed by atoms with Gasteiger partial charge in [-0.15, -0.1) is 0 Å². The Bertz CT molecular complexity index is 807. The average Bonchev–Trinajstić information content (AvgIpc) is 3.30. The van der Waals surface area contributed by atoms with Crippen molar-refractivity contribution in [3.63, 3.8) is 0 Å². The van der Waals surface area contributed by atoms with Crippen molar-refractivity contribution < 1.29 is 9.53 Å². The first kappa shape index (κ1) is 63.5. The summed E-state index contributed by atoms with van der Waals surface area (Å²) >= 11 is 0. The maximum absolute atomic E-state index is 12.1. The highest BCUT2D eigenvalue weighted by Gasteiger charge is 2.04. The van der Waals surface area contributed by atoms with Gasteiger partial charge >= 0.3 is 5.97 Å². The molecule has 0 saturated heterocycles. The monoisotopic (exact) mass is 901 g/mol. The lowest BCUT2D eigenvalue weighted by molar-refractivity contribution is -0.143. The van der Waals surface area contributed by atoms with Crippen LogP contribution in [0.15, 0.2) is 0 Å². The zero-order valence-electron chi connectivity index (χ0n) is 45.0. The van der Waals surface area contributed by atoms with Gasteiger partial charge in [0, 0.05) is 6.42 Å². The number of carbonyl (C=O) groups excluding carboxylic acids is 1. The van der Waals surface area contributed by atoms with E-state index >= 15 is 0 Å². The first-order chi connectivity index (χ1) is 31.8. The van der Waals surface area contributed by atoms with E-state index in [0.717, 1.165) is 12.8 Å². The van der Waals surface area contributed by atoms with Gasteiger partial charge < -0.3 is 4.74 Å². The molecule has 0 aliphatic rings. The molecule has 2 heteroatoms. The van der Waals surface area contributed by atoms with Crippen LogP contribution in [0.1, 0.15) is 386 Å². The van der Waals surface area contributed by atoms with Gasteiger partial charge in [-0.05, 0) is 12.8 Å². The number of ether oxygens (including phenoxy) is 1. The maximum atomic E-state index is 12.1. The molecule has 0 radical (unpaired) electrons. The van der Waals surface area contributed by atoms with Crippen LogP contribution >= 0.6 is 0 Å². The molecule has 0 fully saturated rings. The fraction of sp³-hybridized carbons (Fsp3) is 0.984.